The molecule has 4 aromatic carbocycles. The van der Waals surface area contributed by atoms with E-state index in [0.29, 0.717) is 5.69 Å². The van der Waals surface area contributed by atoms with Crippen molar-refractivity contribution in [3.63, 3.8) is 0 Å². The Morgan fingerprint density at radius 2 is 1.45 bits per heavy atom. The van der Waals surface area contributed by atoms with Crippen molar-refractivity contribution >= 4 is 38.4 Å². The van der Waals surface area contributed by atoms with Crippen LogP contribution in [0.4, 0.5) is 5.69 Å². The molecule has 0 atom stereocenters. The predicted molar refractivity (Wildman–Crippen MR) is 134 cm³/mol. The molecule has 0 aliphatic carbocycles. The van der Waals surface area contributed by atoms with Gasteiger partial charge in [-0.25, -0.2) is 9.41 Å². The minimum absolute atomic E-state index is 0.599. The molecule has 0 unspecified atom stereocenters. The second-order valence-corrected chi connectivity index (χ2v) is 8.41. The first kappa shape index (κ1) is 19.3. The van der Waals surface area contributed by atoms with Gasteiger partial charge in [0.2, 0.25) is 5.69 Å². The molecule has 6 aromatic rings. The molecule has 3 nitrogen and oxygen atoms in total. The van der Waals surface area contributed by atoms with Gasteiger partial charge in [0, 0.05) is 28.5 Å². The van der Waals surface area contributed by atoms with Crippen LogP contribution < -0.4 is 4.57 Å². The molecule has 0 N–H and O–H groups in total. The number of benzene rings is 4. The van der Waals surface area contributed by atoms with E-state index in [9.17, 15) is 0 Å². The molecule has 33 heavy (non-hydrogen) atoms. The van der Waals surface area contributed by atoms with Crippen molar-refractivity contribution in [1.82, 2.24) is 0 Å². The van der Waals surface area contributed by atoms with E-state index in [2.05, 4.69) is 78.1 Å². The Morgan fingerprint density at radius 1 is 0.727 bits per heavy atom. The smallest absolute Gasteiger partial charge is 0.216 e. The molecule has 6 rings (SSSR count). The number of rotatable bonds is 2. The molecule has 2 aromatic heterocycles. The fourth-order valence-corrected chi connectivity index (χ4v) is 4.89. The summed E-state index contributed by atoms with van der Waals surface area (Å²) < 4.78 is 8.81. The lowest BCUT2D eigenvalue weighted by Gasteiger charge is -2.09. The van der Waals surface area contributed by atoms with Crippen LogP contribution in [0.1, 0.15) is 5.56 Å². The summed E-state index contributed by atoms with van der Waals surface area (Å²) in [7, 11) is 2.05. The van der Waals surface area contributed by atoms with Gasteiger partial charge < -0.3 is 4.42 Å². The molecule has 0 saturated heterocycles. The summed E-state index contributed by atoms with van der Waals surface area (Å²) in [5, 5.41) is 4.35. The Kier molecular flexibility index (Phi) is 4.28. The SMILES string of the molecule is [C-]#[N+]c1ccc2c(oc3c(-c4cccc[n+]4C)c(C)ccc32)c1-c1cccc2ccccc12. The molecule has 156 valence electrons. The van der Waals surface area contributed by atoms with Crippen LogP contribution >= 0.6 is 0 Å². The van der Waals surface area contributed by atoms with E-state index in [0.717, 1.165) is 60.7 Å². The third-order valence-corrected chi connectivity index (χ3v) is 6.49. The molecule has 0 aliphatic rings. The number of aromatic nitrogens is 1. The van der Waals surface area contributed by atoms with Crippen LogP contribution in [0.5, 0.6) is 0 Å². The van der Waals surface area contributed by atoms with Gasteiger partial charge in [0.25, 0.3) is 0 Å². The molecule has 0 saturated carbocycles. The highest BCUT2D eigenvalue weighted by atomic mass is 16.3. The first-order valence-electron chi connectivity index (χ1n) is 11.0. The minimum Gasteiger partial charge on any atom is -0.456 e. The summed E-state index contributed by atoms with van der Waals surface area (Å²) in [6, 6.07) is 29.0. The normalized spacial score (nSPS) is 11.3. The van der Waals surface area contributed by atoms with Gasteiger partial charge in [-0.2, -0.15) is 0 Å². The maximum Gasteiger partial charge on any atom is 0.216 e. The van der Waals surface area contributed by atoms with Crippen molar-refractivity contribution in [1.29, 1.82) is 0 Å². The summed E-state index contributed by atoms with van der Waals surface area (Å²) >= 11 is 0. The van der Waals surface area contributed by atoms with Crippen molar-refractivity contribution in [2.75, 3.05) is 0 Å². The van der Waals surface area contributed by atoms with Crippen molar-refractivity contribution in [3.05, 3.63) is 108 Å². The van der Waals surface area contributed by atoms with E-state index in [1.165, 1.54) is 0 Å². The highest BCUT2D eigenvalue weighted by Gasteiger charge is 2.23. The molecule has 0 radical (unpaired) electrons. The second-order valence-electron chi connectivity index (χ2n) is 8.41. The molecule has 0 aliphatic heterocycles. The number of nitrogens with zero attached hydrogens (tertiary/aromatic N) is 2. The average Bonchev–Trinajstić information content (AvgIpc) is 3.22. The van der Waals surface area contributed by atoms with Crippen molar-refractivity contribution in [3.8, 4) is 22.4 Å². The Labute approximate surface area is 192 Å². The molecular weight excluding hydrogens is 404 g/mol. The van der Waals surface area contributed by atoms with Crippen molar-refractivity contribution in [2.24, 2.45) is 7.05 Å². The summed E-state index contributed by atoms with van der Waals surface area (Å²) in [4.78, 5) is 3.87. The van der Waals surface area contributed by atoms with Gasteiger partial charge in [-0.15, -0.1) is 0 Å². The molecule has 0 spiro atoms. The van der Waals surface area contributed by atoms with Gasteiger partial charge in [-0.05, 0) is 34.9 Å². The second kappa shape index (κ2) is 7.32. The van der Waals surface area contributed by atoms with E-state index in [1.807, 2.05) is 36.4 Å². The maximum atomic E-state index is 7.87. The van der Waals surface area contributed by atoms with E-state index in [-0.39, 0.29) is 0 Å². The third-order valence-electron chi connectivity index (χ3n) is 6.49. The molecule has 0 fully saturated rings. The van der Waals surface area contributed by atoms with Gasteiger partial charge in [-0.3, -0.25) is 0 Å². The number of hydrogen-bond donors (Lipinski definition) is 0. The predicted octanol–water partition coefficient (Wildman–Crippen LogP) is 7.76. The van der Waals surface area contributed by atoms with Gasteiger partial charge in [0.05, 0.1) is 12.1 Å². The van der Waals surface area contributed by atoms with E-state index >= 15 is 0 Å². The summed E-state index contributed by atoms with van der Waals surface area (Å²) in [5.74, 6) is 0. The largest absolute Gasteiger partial charge is 0.456 e. The van der Waals surface area contributed by atoms with Crippen molar-refractivity contribution in [2.45, 2.75) is 6.92 Å². The van der Waals surface area contributed by atoms with Crippen LogP contribution in [0.2, 0.25) is 0 Å². The zero-order chi connectivity index (χ0) is 22.5. The molecular formula is C30H21N2O+. The number of hydrogen-bond acceptors (Lipinski definition) is 1. The van der Waals surface area contributed by atoms with Crippen molar-refractivity contribution < 1.29 is 8.98 Å². The highest BCUT2D eigenvalue weighted by molar-refractivity contribution is 6.17. The Hall–Kier alpha value is -4.42. The fourth-order valence-electron chi connectivity index (χ4n) is 4.89. The lowest BCUT2D eigenvalue weighted by atomic mass is 9.95. The van der Waals surface area contributed by atoms with Crippen LogP contribution in [0.15, 0.2) is 95.5 Å². The van der Waals surface area contributed by atoms with Crippen LogP contribution in [0, 0.1) is 13.5 Å². The number of pyridine rings is 1. The monoisotopic (exact) mass is 425 g/mol. The summed E-state index contributed by atoms with van der Waals surface area (Å²) in [5.41, 5.74) is 7.43. The summed E-state index contributed by atoms with van der Waals surface area (Å²) in [6.45, 7) is 9.99. The Balaban J connectivity index is 1.77. The van der Waals surface area contributed by atoms with Gasteiger partial charge >= 0.3 is 0 Å². The van der Waals surface area contributed by atoms with Crippen LogP contribution in [-0.4, -0.2) is 0 Å². The maximum absolute atomic E-state index is 7.87. The van der Waals surface area contributed by atoms with Crippen LogP contribution in [0.25, 0.3) is 59.9 Å². The van der Waals surface area contributed by atoms with Gasteiger partial charge in [0.1, 0.15) is 18.2 Å². The fraction of sp³-hybridized carbons (Fsp3) is 0.0667. The molecule has 0 amide bonds. The minimum atomic E-state index is 0.599. The highest BCUT2D eigenvalue weighted by Crippen LogP contribution is 2.45. The average molecular weight is 426 g/mol. The zero-order valence-corrected chi connectivity index (χ0v) is 18.5. The number of furan rings is 1. The van der Waals surface area contributed by atoms with Gasteiger partial charge in [-0.1, -0.05) is 66.7 Å². The van der Waals surface area contributed by atoms with E-state index < -0.39 is 0 Å². The van der Waals surface area contributed by atoms with E-state index in [1.54, 1.807) is 0 Å². The standard InChI is InChI=1S/C30H21N2O/c1-19-14-15-23-24-16-17-25(31-2)28(22-12-8-10-20-9-4-5-11-21(20)22)30(24)33-29(23)27(19)26-13-6-7-18-32(26)3/h4-18H,1,3H3/q+1. The number of aryl methyl sites for hydroxylation is 2. The molecule has 0 bridgehead atoms. The number of fused-ring (bicyclic) bond motifs is 4. The van der Waals surface area contributed by atoms with Crippen LogP contribution in [-0.2, 0) is 7.05 Å². The lowest BCUT2D eigenvalue weighted by Crippen LogP contribution is -2.30. The first-order chi connectivity index (χ1) is 16.2. The Bertz CT molecular complexity index is 1750. The zero-order valence-electron chi connectivity index (χ0n) is 18.5. The summed E-state index contributed by atoms with van der Waals surface area (Å²) in [6.07, 6.45) is 2.05. The van der Waals surface area contributed by atoms with E-state index in [4.69, 9.17) is 11.0 Å². The molecule has 2 heterocycles. The lowest BCUT2D eigenvalue weighted by molar-refractivity contribution is -0.660. The third kappa shape index (κ3) is 2.85. The first-order valence-corrected chi connectivity index (χ1v) is 11.0. The topological polar surface area (TPSA) is 21.4 Å². The van der Waals surface area contributed by atoms with Gasteiger partial charge in [0.15, 0.2) is 11.9 Å². The molecule has 3 heteroatoms. The quantitative estimate of drug-likeness (QED) is 0.205. The van der Waals surface area contributed by atoms with Crippen LogP contribution in [0.3, 0.4) is 0 Å². The Morgan fingerprint density at radius 3 is 2.27 bits per heavy atom.